The highest BCUT2D eigenvalue weighted by Crippen LogP contribution is 2.25. The molecular formula is C10H8ClNS. The molecule has 0 aliphatic heterocycles. The highest BCUT2D eigenvalue weighted by molar-refractivity contribution is 7.98. The monoisotopic (exact) mass is 209 g/mol. The van der Waals surface area contributed by atoms with Crippen molar-refractivity contribution >= 4 is 34.1 Å². The molecule has 1 nitrogen and oxygen atoms in total. The quantitative estimate of drug-likeness (QED) is 0.526. The third-order valence-electron chi connectivity index (χ3n) is 1.92. The third-order valence-corrected chi connectivity index (χ3v) is 2.95. The van der Waals surface area contributed by atoms with Gasteiger partial charge >= 0.3 is 0 Å². The number of halogens is 1. The van der Waals surface area contributed by atoms with Crippen LogP contribution in [0.4, 0.5) is 0 Å². The molecule has 0 fully saturated rings. The van der Waals surface area contributed by atoms with E-state index in [1.165, 1.54) is 4.90 Å². The molecule has 3 heteroatoms. The second kappa shape index (κ2) is 3.56. The fourth-order valence-corrected chi connectivity index (χ4v) is 1.92. The minimum atomic E-state index is 0.574. The Morgan fingerprint density at radius 3 is 2.92 bits per heavy atom. The van der Waals surface area contributed by atoms with Crippen LogP contribution < -0.4 is 0 Å². The van der Waals surface area contributed by atoms with E-state index in [0.717, 1.165) is 10.8 Å². The first-order chi connectivity index (χ1) is 6.31. The van der Waals surface area contributed by atoms with Crippen molar-refractivity contribution in [3.05, 3.63) is 35.6 Å². The van der Waals surface area contributed by atoms with Gasteiger partial charge in [0.15, 0.2) is 0 Å². The standard InChI is InChI=1S/C10H8ClNS/c1-13-8-2-3-9-7(6-8)4-5-12-10(9)11/h2-6H,1H3. The molecule has 2 aromatic rings. The van der Waals surface area contributed by atoms with Gasteiger partial charge in [0, 0.05) is 16.5 Å². The highest BCUT2D eigenvalue weighted by Gasteiger charge is 1.99. The van der Waals surface area contributed by atoms with E-state index >= 15 is 0 Å². The van der Waals surface area contributed by atoms with Crippen molar-refractivity contribution in [1.82, 2.24) is 4.98 Å². The number of hydrogen-bond donors (Lipinski definition) is 0. The van der Waals surface area contributed by atoms with Crippen molar-refractivity contribution < 1.29 is 0 Å². The second-order valence-corrected chi connectivity index (χ2v) is 3.93. The number of pyridine rings is 1. The van der Waals surface area contributed by atoms with E-state index in [1.54, 1.807) is 18.0 Å². The molecule has 0 N–H and O–H groups in total. The number of benzene rings is 1. The first kappa shape index (κ1) is 8.85. The van der Waals surface area contributed by atoms with Gasteiger partial charge in [0.05, 0.1) is 0 Å². The van der Waals surface area contributed by atoms with Gasteiger partial charge in [-0.3, -0.25) is 0 Å². The average molecular weight is 210 g/mol. The van der Waals surface area contributed by atoms with Crippen LogP contribution in [-0.4, -0.2) is 11.2 Å². The first-order valence-electron chi connectivity index (χ1n) is 3.89. The average Bonchev–Trinajstić information content (AvgIpc) is 2.18. The maximum absolute atomic E-state index is 5.93. The lowest BCUT2D eigenvalue weighted by atomic mass is 10.2. The molecule has 0 saturated carbocycles. The summed E-state index contributed by atoms with van der Waals surface area (Å²) in [6.07, 6.45) is 3.79. The van der Waals surface area contributed by atoms with Gasteiger partial charge in [0.25, 0.3) is 0 Å². The van der Waals surface area contributed by atoms with Gasteiger partial charge in [0.2, 0.25) is 0 Å². The molecule has 0 aliphatic carbocycles. The molecule has 66 valence electrons. The van der Waals surface area contributed by atoms with E-state index in [-0.39, 0.29) is 0 Å². The predicted octanol–water partition coefficient (Wildman–Crippen LogP) is 3.61. The van der Waals surface area contributed by atoms with Gasteiger partial charge in [-0.2, -0.15) is 0 Å². The zero-order valence-electron chi connectivity index (χ0n) is 7.12. The van der Waals surface area contributed by atoms with Crippen LogP contribution >= 0.6 is 23.4 Å². The summed E-state index contributed by atoms with van der Waals surface area (Å²) in [7, 11) is 0. The number of hydrogen-bond acceptors (Lipinski definition) is 2. The molecule has 0 unspecified atom stereocenters. The Bertz CT molecular complexity index is 442. The van der Waals surface area contributed by atoms with Gasteiger partial charge in [-0.15, -0.1) is 11.8 Å². The topological polar surface area (TPSA) is 12.9 Å². The third kappa shape index (κ3) is 1.64. The van der Waals surface area contributed by atoms with Crippen LogP contribution in [0.1, 0.15) is 0 Å². The van der Waals surface area contributed by atoms with Crippen LogP contribution in [0.5, 0.6) is 0 Å². The Morgan fingerprint density at radius 2 is 2.15 bits per heavy atom. The zero-order valence-corrected chi connectivity index (χ0v) is 8.69. The molecule has 2 rings (SSSR count). The maximum Gasteiger partial charge on any atom is 0.136 e. The second-order valence-electron chi connectivity index (χ2n) is 2.69. The predicted molar refractivity (Wildman–Crippen MR) is 58.5 cm³/mol. The van der Waals surface area contributed by atoms with Crippen LogP contribution in [0.25, 0.3) is 10.8 Å². The molecule has 0 aliphatic rings. The van der Waals surface area contributed by atoms with Crippen LogP contribution in [0.3, 0.4) is 0 Å². The molecule has 0 saturated heterocycles. The fourth-order valence-electron chi connectivity index (χ4n) is 1.25. The van der Waals surface area contributed by atoms with Crippen molar-refractivity contribution in [2.45, 2.75) is 4.90 Å². The lowest BCUT2D eigenvalue weighted by Gasteiger charge is -2.01. The smallest absolute Gasteiger partial charge is 0.136 e. The number of fused-ring (bicyclic) bond motifs is 1. The zero-order chi connectivity index (χ0) is 9.26. The van der Waals surface area contributed by atoms with Crippen molar-refractivity contribution in [3.8, 4) is 0 Å². The maximum atomic E-state index is 5.93. The summed E-state index contributed by atoms with van der Waals surface area (Å²) >= 11 is 7.66. The first-order valence-corrected chi connectivity index (χ1v) is 5.50. The summed E-state index contributed by atoms with van der Waals surface area (Å²) in [5, 5.41) is 2.74. The van der Waals surface area contributed by atoms with Gasteiger partial charge < -0.3 is 0 Å². The summed E-state index contributed by atoms with van der Waals surface area (Å²) in [5.41, 5.74) is 0. The molecule has 1 aromatic heterocycles. The number of nitrogens with zero attached hydrogens (tertiary/aromatic N) is 1. The van der Waals surface area contributed by atoms with E-state index in [4.69, 9.17) is 11.6 Å². The normalized spacial score (nSPS) is 10.6. The molecule has 0 spiro atoms. The number of rotatable bonds is 1. The fraction of sp³-hybridized carbons (Fsp3) is 0.100. The summed E-state index contributed by atoms with van der Waals surface area (Å²) in [6.45, 7) is 0. The summed E-state index contributed by atoms with van der Waals surface area (Å²) < 4.78 is 0. The molecule has 13 heavy (non-hydrogen) atoms. The Labute approximate surface area is 86.1 Å². The Balaban J connectivity index is 2.72. The van der Waals surface area contributed by atoms with Gasteiger partial charge in [0.1, 0.15) is 5.15 Å². The minimum absolute atomic E-state index is 0.574. The van der Waals surface area contributed by atoms with Crippen LogP contribution in [0.2, 0.25) is 5.15 Å². The largest absolute Gasteiger partial charge is 0.244 e. The van der Waals surface area contributed by atoms with E-state index in [1.807, 2.05) is 12.1 Å². The Morgan fingerprint density at radius 1 is 1.31 bits per heavy atom. The Kier molecular flexibility index (Phi) is 2.42. The summed E-state index contributed by atoms with van der Waals surface area (Å²) in [6, 6.07) is 8.16. The van der Waals surface area contributed by atoms with Gasteiger partial charge in [-0.25, -0.2) is 4.98 Å². The Hall–Kier alpha value is -0.730. The minimum Gasteiger partial charge on any atom is -0.244 e. The SMILES string of the molecule is CSc1ccc2c(Cl)nccc2c1. The van der Waals surface area contributed by atoms with E-state index in [9.17, 15) is 0 Å². The summed E-state index contributed by atoms with van der Waals surface area (Å²) in [5.74, 6) is 0. The molecule has 0 atom stereocenters. The van der Waals surface area contributed by atoms with Crippen LogP contribution in [-0.2, 0) is 0 Å². The van der Waals surface area contributed by atoms with Crippen LogP contribution in [0, 0.1) is 0 Å². The van der Waals surface area contributed by atoms with E-state index < -0.39 is 0 Å². The van der Waals surface area contributed by atoms with Crippen molar-refractivity contribution in [3.63, 3.8) is 0 Å². The van der Waals surface area contributed by atoms with Crippen molar-refractivity contribution in [1.29, 1.82) is 0 Å². The van der Waals surface area contributed by atoms with Gasteiger partial charge in [-0.05, 0) is 29.8 Å². The van der Waals surface area contributed by atoms with E-state index in [2.05, 4.69) is 23.4 Å². The molecule has 0 radical (unpaired) electrons. The molecule has 0 bridgehead atoms. The molecule has 1 heterocycles. The van der Waals surface area contributed by atoms with Crippen molar-refractivity contribution in [2.24, 2.45) is 0 Å². The molecule has 0 amide bonds. The molecule has 1 aromatic carbocycles. The number of thioether (sulfide) groups is 1. The highest BCUT2D eigenvalue weighted by atomic mass is 35.5. The lowest BCUT2D eigenvalue weighted by molar-refractivity contribution is 1.35. The van der Waals surface area contributed by atoms with Gasteiger partial charge in [-0.1, -0.05) is 17.7 Å². The lowest BCUT2D eigenvalue weighted by Crippen LogP contribution is -1.79. The van der Waals surface area contributed by atoms with Crippen LogP contribution in [0.15, 0.2) is 35.4 Å². The molecular weight excluding hydrogens is 202 g/mol. The summed E-state index contributed by atoms with van der Waals surface area (Å²) in [4.78, 5) is 5.27. The van der Waals surface area contributed by atoms with E-state index in [0.29, 0.717) is 5.15 Å². The van der Waals surface area contributed by atoms with Crippen molar-refractivity contribution in [2.75, 3.05) is 6.26 Å². The number of aromatic nitrogens is 1.